The summed E-state index contributed by atoms with van der Waals surface area (Å²) in [5.41, 5.74) is 4.73. The summed E-state index contributed by atoms with van der Waals surface area (Å²) in [4.78, 5) is 38.8. The molecule has 1 saturated heterocycles. The molecule has 1 atom stereocenters. The number of amides is 2. The lowest BCUT2D eigenvalue weighted by Gasteiger charge is -2.32. The summed E-state index contributed by atoms with van der Waals surface area (Å²) in [6, 6.07) is 19.3. The van der Waals surface area contributed by atoms with Crippen LogP contribution in [0.2, 0.25) is 0 Å². The third-order valence-electron chi connectivity index (χ3n) is 7.85. The molecular formula is C33H36N2O7. The Morgan fingerprint density at radius 2 is 1.67 bits per heavy atom. The van der Waals surface area contributed by atoms with Crippen LogP contribution in [0.4, 0.5) is 0 Å². The minimum Gasteiger partial charge on any atom is -0.493 e. The average molecular weight is 573 g/mol. The molecule has 1 unspecified atom stereocenters. The van der Waals surface area contributed by atoms with Crippen molar-refractivity contribution < 1.29 is 33.7 Å². The molecule has 220 valence electrons. The smallest absolute Gasteiger partial charge is 0.335 e. The summed E-state index contributed by atoms with van der Waals surface area (Å²) in [6.07, 6.45) is 2.29. The Labute approximate surface area is 245 Å². The van der Waals surface area contributed by atoms with E-state index in [0.29, 0.717) is 31.2 Å². The topological polar surface area (TPSA) is 106 Å². The van der Waals surface area contributed by atoms with Crippen molar-refractivity contribution in [2.24, 2.45) is 0 Å². The van der Waals surface area contributed by atoms with Crippen LogP contribution in [0.1, 0.15) is 64.8 Å². The minimum atomic E-state index is -0.946. The van der Waals surface area contributed by atoms with Gasteiger partial charge in [0.05, 0.1) is 25.8 Å². The Hall–Kier alpha value is -4.37. The highest BCUT2D eigenvalue weighted by Crippen LogP contribution is 2.35. The van der Waals surface area contributed by atoms with Crippen molar-refractivity contribution in [3.63, 3.8) is 0 Å². The molecule has 0 saturated carbocycles. The van der Waals surface area contributed by atoms with Gasteiger partial charge in [-0.25, -0.2) is 4.79 Å². The van der Waals surface area contributed by atoms with Crippen molar-refractivity contribution in [3.8, 4) is 17.2 Å². The van der Waals surface area contributed by atoms with Crippen molar-refractivity contribution in [2.45, 2.75) is 51.7 Å². The molecule has 2 heterocycles. The van der Waals surface area contributed by atoms with Crippen molar-refractivity contribution in [2.75, 3.05) is 26.9 Å². The van der Waals surface area contributed by atoms with Gasteiger partial charge in [0.15, 0.2) is 11.5 Å². The Balaban J connectivity index is 1.36. The fraction of sp³-hybridized carbons (Fsp3) is 0.364. The second-order valence-electron chi connectivity index (χ2n) is 10.6. The van der Waals surface area contributed by atoms with E-state index in [1.165, 1.54) is 16.0 Å². The van der Waals surface area contributed by atoms with Gasteiger partial charge in [-0.2, -0.15) is 0 Å². The van der Waals surface area contributed by atoms with Gasteiger partial charge in [-0.05, 0) is 59.0 Å². The van der Waals surface area contributed by atoms with Crippen molar-refractivity contribution in [3.05, 3.63) is 88.5 Å². The highest BCUT2D eigenvalue weighted by atomic mass is 16.5. The Morgan fingerprint density at radius 3 is 2.36 bits per heavy atom. The largest absolute Gasteiger partial charge is 0.493 e. The molecule has 5 rings (SSSR count). The quantitative estimate of drug-likeness (QED) is 0.285. The summed E-state index contributed by atoms with van der Waals surface area (Å²) in [5.74, 6) is 0.790. The molecular weight excluding hydrogens is 536 g/mol. The van der Waals surface area contributed by atoms with Crippen LogP contribution in [0.5, 0.6) is 17.2 Å². The van der Waals surface area contributed by atoms with Crippen LogP contribution >= 0.6 is 0 Å². The lowest BCUT2D eigenvalue weighted by atomic mass is 9.98. The Kier molecular flexibility index (Phi) is 9.07. The molecule has 0 bridgehead atoms. The molecule has 9 heteroatoms. The number of benzene rings is 3. The number of nitrogens with zero attached hydrogens (tertiary/aromatic N) is 2. The second-order valence-corrected chi connectivity index (χ2v) is 10.6. The number of hydrogen-bond acceptors (Lipinski definition) is 7. The third-order valence-corrected chi connectivity index (χ3v) is 7.85. The van der Waals surface area contributed by atoms with E-state index < -0.39 is 5.97 Å². The molecule has 0 radical (unpaired) electrons. The van der Waals surface area contributed by atoms with Gasteiger partial charge in [-0.3, -0.25) is 19.4 Å². The monoisotopic (exact) mass is 572 g/mol. The fourth-order valence-corrected chi connectivity index (χ4v) is 5.67. The van der Waals surface area contributed by atoms with Crippen LogP contribution in [0.25, 0.3) is 0 Å². The Morgan fingerprint density at radius 1 is 0.952 bits per heavy atom. The number of aromatic carboxylic acids is 1. The molecule has 1 N–H and O–H groups in total. The van der Waals surface area contributed by atoms with E-state index in [1.807, 2.05) is 30.3 Å². The number of carbonyl (C=O) groups excluding carboxylic acids is 2. The zero-order chi connectivity index (χ0) is 29.6. The molecule has 2 amide bonds. The van der Waals surface area contributed by atoms with Gasteiger partial charge in [0.1, 0.15) is 12.4 Å². The maximum atomic E-state index is 11.9. The zero-order valence-electron chi connectivity index (χ0n) is 24.0. The number of fused-ring (bicyclic) bond motifs is 1. The van der Waals surface area contributed by atoms with E-state index in [0.717, 1.165) is 29.7 Å². The first kappa shape index (κ1) is 29.1. The summed E-state index contributed by atoms with van der Waals surface area (Å²) >= 11 is 0. The summed E-state index contributed by atoms with van der Waals surface area (Å²) in [6.45, 7) is 4.49. The van der Waals surface area contributed by atoms with E-state index in [9.17, 15) is 19.5 Å². The van der Waals surface area contributed by atoms with Crippen LogP contribution in [0, 0.1) is 0 Å². The van der Waals surface area contributed by atoms with Gasteiger partial charge in [0.25, 0.3) is 0 Å². The molecule has 0 aliphatic carbocycles. The summed E-state index contributed by atoms with van der Waals surface area (Å²) in [5, 5.41) is 9.33. The van der Waals surface area contributed by atoms with E-state index in [2.05, 4.69) is 30.0 Å². The molecule has 42 heavy (non-hydrogen) atoms. The van der Waals surface area contributed by atoms with Gasteiger partial charge >= 0.3 is 5.97 Å². The number of ether oxygens (including phenoxy) is 3. The molecule has 2 aliphatic rings. The van der Waals surface area contributed by atoms with Gasteiger partial charge in [0, 0.05) is 38.4 Å². The number of carboxylic acid groups (broad SMARTS) is 1. The molecule has 3 aromatic carbocycles. The highest BCUT2D eigenvalue weighted by molar-refractivity contribution is 6.01. The number of carbonyl (C=O) groups is 3. The first-order valence-corrected chi connectivity index (χ1v) is 14.3. The van der Waals surface area contributed by atoms with Crippen molar-refractivity contribution >= 4 is 17.8 Å². The summed E-state index contributed by atoms with van der Waals surface area (Å²) < 4.78 is 17.3. The van der Waals surface area contributed by atoms with Crippen LogP contribution in [0.15, 0.2) is 60.7 Å². The number of likely N-dealkylation sites (tertiary alicyclic amines) is 1. The number of rotatable bonds is 13. The van der Waals surface area contributed by atoms with E-state index in [1.54, 1.807) is 19.2 Å². The first-order chi connectivity index (χ1) is 20.4. The van der Waals surface area contributed by atoms with E-state index in [-0.39, 0.29) is 49.4 Å². The van der Waals surface area contributed by atoms with Gasteiger partial charge < -0.3 is 19.3 Å². The molecule has 9 nitrogen and oxygen atoms in total. The number of hydrogen-bond donors (Lipinski definition) is 1. The van der Waals surface area contributed by atoms with Gasteiger partial charge in [0.2, 0.25) is 11.8 Å². The molecule has 0 spiro atoms. The number of carboxylic acids is 1. The first-order valence-electron chi connectivity index (χ1n) is 14.3. The zero-order valence-corrected chi connectivity index (χ0v) is 24.0. The third kappa shape index (κ3) is 6.57. The number of imide groups is 1. The van der Waals surface area contributed by atoms with Crippen LogP contribution in [-0.4, -0.2) is 59.6 Å². The maximum Gasteiger partial charge on any atom is 0.335 e. The van der Waals surface area contributed by atoms with Gasteiger partial charge in [-0.15, -0.1) is 0 Å². The van der Waals surface area contributed by atoms with Crippen molar-refractivity contribution in [1.82, 2.24) is 9.80 Å². The van der Waals surface area contributed by atoms with E-state index >= 15 is 0 Å². The molecule has 1 fully saturated rings. The highest BCUT2D eigenvalue weighted by Gasteiger charge is 2.28. The normalized spacial score (nSPS) is 15.1. The second kappa shape index (κ2) is 13.1. The molecule has 2 aliphatic heterocycles. The lowest BCUT2D eigenvalue weighted by molar-refractivity contribution is -0.138. The van der Waals surface area contributed by atoms with E-state index in [4.69, 9.17) is 14.2 Å². The predicted molar refractivity (Wildman–Crippen MR) is 156 cm³/mol. The van der Waals surface area contributed by atoms with Crippen LogP contribution in [-0.2, 0) is 29.1 Å². The lowest BCUT2D eigenvalue weighted by Crippen LogP contribution is -2.33. The predicted octanol–water partition coefficient (Wildman–Crippen LogP) is 5.01. The molecule has 0 aromatic heterocycles. The standard InChI is InChI=1S/C33H36N2O7/c1-3-27(25-9-11-28-26(19-25)14-16-41-28)34(20-22-4-7-24(8-5-22)33(38)39)21-23-6-10-29(30(18-23)40-2)42-17-15-35-31(36)12-13-32(35)37/h4-11,18-19,27H,3,12-17,20-21H2,1-2H3,(H,38,39). The summed E-state index contributed by atoms with van der Waals surface area (Å²) in [7, 11) is 1.59. The maximum absolute atomic E-state index is 11.9. The van der Waals surface area contributed by atoms with Crippen LogP contribution < -0.4 is 14.2 Å². The Bertz CT molecular complexity index is 1440. The van der Waals surface area contributed by atoms with Crippen molar-refractivity contribution in [1.29, 1.82) is 0 Å². The SMILES string of the molecule is CCC(c1ccc2c(c1)CCO2)N(Cc1ccc(C(=O)O)cc1)Cc1ccc(OCCN2C(=O)CCC2=O)c(OC)c1. The fourth-order valence-electron chi connectivity index (χ4n) is 5.67. The number of methoxy groups -OCH3 is 1. The molecule has 3 aromatic rings. The van der Waals surface area contributed by atoms with Gasteiger partial charge in [-0.1, -0.05) is 37.3 Å². The minimum absolute atomic E-state index is 0.104. The van der Waals surface area contributed by atoms with Crippen LogP contribution in [0.3, 0.4) is 0 Å². The average Bonchev–Trinajstić information content (AvgIpc) is 3.59.